The van der Waals surface area contributed by atoms with E-state index < -0.39 is 0 Å². The van der Waals surface area contributed by atoms with Crippen molar-refractivity contribution in [3.05, 3.63) is 70.2 Å². The third-order valence-electron chi connectivity index (χ3n) is 5.51. The molecule has 0 unspecified atom stereocenters. The Hall–Kier alpha value is -2.51. The zero-order valence-electron chi connectivity index (χ0n) is 18.0. The molecule has 3 aromatic rings. The van der Waals surface area contributed by atoms with Gasteiger partial charge in [0.05, 0.1) is 20.3 Å². The molecule has 1 saturated heterocycles. The topological polar surface area (TPSA) is 51.7 Å². The standard InChI is InChI=1S/C24H26N2O3S2/c1-16-14-30-24(25-16)31-15-17-7-4-5-8-19(17)23(27)26-12-6-9-21(26)20-13-18(28-2)10-11-22(20)29-3/h4-5,7-8,10-11,13-14,21H,6,9,12,15H2,1-3H3/t21-/m0/s1. The number of hydrogen-bond acceptors (Lipinski definition) is 6. The van der Waals surface area contributed by atoms with Gasteiger partial charge in [-0.25, -0.2) is 4.98 Å². The van der Waals surface area contributed by atoms with E-state index in [-0.39, 0.29) is 11.9 Å². The Morgan fingerprint density at radius 2 is 2.06 bits per heavy atom. The Morgan fingerprint density at radius 3 is 2.81 bits per heavy atom. The maximum absolute atomic E-state index is 13.7. The highest BCUT2D eigenvalue weighted by Crippen LogP contribution is 2.40. The molecule has 0 aliphatic carbocycles. The van der Waals surface area contributed by atoms with Gasteiger partial charge in [0.2, 0.25) is 0 Å². The summed E-state index contributed by atoms with van der Waals surface area (Å²) in [7, 11) is 3.32. The first-order valence-electron chi connectivity index (χ1n) is 10.3. The van der Waals surface area contributed by atoms with Gasteiger partial charge in [-0.3, -0.25) is 4.79 Å². The van der Waals surface area contributed by atoms with Crippen molar-refractivity contribution in [1.82, 2.24) is 9.88 Å². The van der Waals surface area contributed by atoms with Gasteiger partial charge in [-0.15, -0.1) is 11.3 Å². The van der Waals surface area contributed by atoms with Crippen molar-refractivity contribution >= 4 is 29.0 Å². The quantitative estimate of drug-likeness (QED) is 0.426. The zero-order chi connectivity index (χ0) is 21.8. The zero-order valence-corrected chi connectivity index (χ0v) is 19.6. The van der Waals surface area contributed by atoms with Crippen LogP contribution in [0.1, 0.15) is 46.1 Å². The lowest BCUT2D eigenvalue weighted by Gasteiger charge is -2.27. The number of methoxy groups -OCH3 is 2. The average molecular weight is 455 g/mol. The molecule has 2 heterocycles. The van der Waals surface area contributed by atoms with Gasteiger partial charge >= 0.3 is 0 Å². The molecule has 162 valence electrons. The second-order valence-corrected chi connectivity index (χ2v) is 9.55. The number of aromatic nitrogens is 1. The van der Waals surface area contributed by atoms with E-state index in [0.717, 1.165) is 63.4 Å². The van der Waals surface area contributed by atoms with Crippen LogP contribution in [0, 0.1) is 6.92 Å². The number of rotatable bonds is 7. The molecule has 0 N–H and O–H groups in total. The van der Waals surface area contributed by atoms with Crippen LogP contribution in [-0.2, 0) is 5.75 Å². The molecule has 31 heavy (non-hydrogen) atoms. The highest BCUT2D eigenvalue weighted by Gasteiger charge is 2.33. The number of ether oxygens (including phenoxy) is 2. The number of nitrogens with zero attached hydrogens (tertiary/aromatic N) is 2. The molecule has 1 aliphatic rings. The van der Waals surface area contributed by atoms with Crippen LogP contribution in [0.5, 0.6) is 11.5 Å². The van der Waals surface area contributed by atoms with Crippen molar-refractivity contribution in [2.45, 2.75) is 35.9 Å². The Balaban J connectivity index is 1.59. The van der Waals surface area contributed by atoms with Crippen molar-refractivity contribution in [3.63, 3.8) is 0 Å². The lowest BCUT2D eigenvalue weighted by molar-refractivity contribution is 0.0733. The number of hydrogen-bond donors (Lipinski definition) is 0. The monoisotopic (exact) mass is 454 g/mol. The van der Waals surface area contributed by atoms with E-state index >= 15 is 0 Å². The van der Waals surface area contributed by atoms with Gasteiger partial charge in [0, 0.05) is 34.5 Å². The minimum Gasteiger partial charge on any atom is -0.497 e. The predicted octanol–water partition coefficient (Wildman–Crippen LogP) is 5.74. The van der Waals surface area contributed by atoms with Gasteiger partial charge in [-0.2, -0.15) is 0 Å². The van der Waals surface area contributed by atoms with Gasteiger partial charge in [-0.1, -0.05) is 30.0 Å². The van der Waals surface area contributed by atoms with Gasteiger partial charge < -0.3 is 14.4 Å². The van der Waals surface area contributed by atoms with Crippen LogP contribution in [-0.4, -0.2) is 36.6 Å². The van der Waals surface area contributed by atoms with Gasteiger partial charge in [0.25, 0.3) is 5.91 Å². The van der Waals surface area contributed by atoms with E-state index in [9.17, 15) is 4.79 Å². The summed E-state index contributed by atoms with van der Waals surface area (Å²) in [6.07, 6.45) is 1.87. The van der Waals surface area contributed by atoms with Crippen LogP contribution in [0.15, 0.2) is 52.2 Å². The molecule has 5 nitrogen and oxygen atoms in total. The van der Waals surface area contributed by atoms with E-state index in [1.54, 1.807) is 37.3 Å². The van der Waals surface area contributed by atoms with Crippen molar-refractivity contribution < 1.29 is 14.3 Å². The van der Waals surface area contributed by atoms with E-state index in [1.165, 1.54) is 0 Å². The Bertz CT molecular complexity index is 1070. The van der Waals surface area contributed by atoms with Crippen LogP contribution in [0.3, 0.4) is 0 Å². The molecule has 0 radical (unpaired) electrons. The summed E-state index contributed by atoms with van der Waals surface area (Å²) >= 11 is 3.32. The summed E-state index contributed by atoms with van der Waals surface area (Å²) in [5.41, 5.74) is 3.83. The third-order valence-corrected chi connectivity index (χ3v) is 7.69. The lowest BCUT2D eigenvalue weighted by Crippen LogP contribution is -2.31. The number of thioether (sulfide) groups is 1. The van der Waals surface area contributed by atoms with Crippen molar-refractivity contribution in [2.75, 3.05) is 20.8 Å². The maximum atomic E-state index is 13.7. The molecule has 0 saturated carbocycles. The van der Waals surface area contributed by atoms with E-state index in [4.69, 9.17) is 9.47 Å². The summed E-state index contributed by atoms with van der Waals surface area (Å²) in [4.78, 5) is 20.2. The highest BCUT2D eigenvalue weighted by molar-refractivity contribution is 8.00. The fraction of sp³-hybridized carbons (Fsp3) is 0.333. The molecular weight excluding hydrogens is 428 g/mol. The van der Waals surface area contributed by atoms with Gasteiger partial charge in [0.1, 0.15) is 15.8 Å². The summed E-state index contributed by atoms with van der Waals surface area (Å²) < 4.78 is 12.1. The molecule has 0 bridgehead atoms. The summed E-state index contributed by atoms with van der Waals surface area (Å²) in [5.74, 6) is 2.34. The minimum absolute atomic E-state index is 0.0279. The highest BCUT2D eigenvalue weighted by atomic mass is 32.2. The molecule has 0 spiro atoms. The number of carbonyl (C=O) groups is 1. The van der Waals surface area contributed by atoms with E-state index in [0.29, 0.717) is 0 Å². The van der Waals surface area contributed by atoms with Crippen LogP contribution in [0.25, 0.3) is 0 Å². The normalized spacial score (nSPS) is 15.8. The van der Waals surface area contributed by atoms with Gasteiger partial charge in [-0.05, 0) is 49.6 Å². The summed E-state index contributed by atoms with van der Waals surface area (Å²) in [5, 5.41) is 2.05. The average Bonchev–Trinajstić information content (AvgIpc) is 3.46. The van der Waals surface area contributed by atoms with Crippen LogP contribution in [0.2, 0.25) is 0 Å². The van der Waals surface area contributed by atoms with E-state index in [1.807, 2.05) is 54.3 Å². The fourth-order valence-electron chi connectivity index (χ4n) is 3.98. The molecular formula is C24H26N2O3S2. The predicted molar refractivity (Wildman–Crippen MR) is 125 cm³/mol. The van der Waals surface area contributed by atoms with Crippen molar-refractivity contribution in [1.29, 1.82) is 0 Å². The lowest BCUT2D eigenvalue weighted by atomic mass is 10.0. The molecule has 2 aromatic carbocycles. The summed E-state index contributed by atoms with van der Waals surface area (Å²) in [6.45, 7) is 2.73. The number of aryl methyl sites for hydroxylation is 1. The first-order valence-corrected chi connectivity index (χ1v) is 12.1. The molecule has 1 amide bonds. The Labute approximate surface area is 191 Å². The summed E-state index contributed by atoms with van der Waals surface area (Å²) in [6, 6.07) is 13.7. The van der Waals surface area contributed by atoms with Crippen LogP contribution < -0.4 is 9.47 Å². The molecule has 1 aliphatic heterocycles. The molecule has 1 fully saturated rings. The second kappa shape index (κ2) is 9.75. The molecule has 4 rings (SSSR count). The van der Waals surface area contributed by atoms with Crippen molar-refractivity contribution in [3.8, 4) is 11.5 Å². The second-order valence-electron chi connectivity index (χ2n) is 7.47. The Morgan fingerprint density at radius 1 is 1.23 bits per heavy atom. The number of benzene rings is 2. The largest absolute Gasteiger partial charge is 0.497 e. The number of amides is 1. The van der Waals surface area contributed by atoms with Gasteiger partial charge in [0.15, 0.2) is 0 Å². The maximum Gasteiger partial charge on any atom is 0.254 e. The van der Waals surface area contributed by atoms with E-state index in [2.05, 4.69) is 10.4 Å². The molecule has 1 atom stereocenters. The smallest absolute Gasteiger partial charge is 0.254 e. The number of likely N-dealkylation sites (tertiary alicyclic amines) is 1. The SMILES string of the molecule is COc1ccc(OC)c([C@@H]2CCCN2C(=O)c2ccccc2CSc2nc(C)cs2)c1. The van der Waals surface area contributed by atoms with Crippen molar-refractivity contribution in [2.24, 2.45) is 0 Å². The van der Waals surface area contributed by atoms with Crippen LogP contribution in [0.4, 0.5) is 0 Å². The Kier molecular flexibility index (Phi) is 6.83. The van der Waals surface area contributed by atoms with Crippen LogP contribution >= 0.6 is 23.1 Å². The first kappa shape index (κ1) is 21.7. The molecule has 1 aromatic heterocycles. The number of carbonyl (C=O) groups excluding carboxylic acids is 1. The fourth-order valence-corrected chi connectivity index (χ4v) is 5.83. The molecule has 7 heteroatoms. The first-order chi connectivity index (χ1) is 15.1. The third kappa shape index (κ3) is 4.72. The number of thiazole rings is 1. The minimum atomic E-state index is -0.0279.